The van der Waals surface area contributed by atoms with Crippen molar-refractivity contribution in [2.75, 3.05) is 30.5 Å². The highest BCUT2D eigenvalue weighted by Gasteiger charge is 2.27. The Labute approximate surface area is 121 Å². The van der Waals surface area contributed by atoms with Crippen molar-refractivity contribution in [2.24, 2.45) is 5.92 Å². The van der Waals surface area contributed by atoms with Crippen LogP contribution in [-0.4, -0.2) is 38.6 Å². The Balaban J connectivity index is 1.72. The highest BCUT2D eigenvalue weighted by Crippen LogP contribution is 2.32. The Kier molecular flexibility index (Phi) is 3.55. The molecule has 1 aromatic carbocycles. The second-order valence-electron chi connectivity index (χ2n) is 4.98. The zero-order valence-electron chi connectivity index (χ0n) is 11.1. The molecule has 1 saturated heterocycles. The molecule has 20 heavy (non-hydrogen) atoms. The van der Waals surface area contributed by atoms with E-state index in [4.69, 9.17) is 4.74 Å². The highest BCUT2D eigenvalue weighted by atomic mass is 32.2. The fourth-order valence-electron chi connectivity index (χ4n) is 2.43. The minimum atomic E-state index is -2.81. The van der Waals surface area contributed by atoms with E-state index in [1.165, 1.54) is 0 Å². The number of sulfone groups is 1. The molecule has 0 amide bonds. The molecule has 7 heteroatoms. The topological polar surface area (TPSA) is 68.3 Å². The third-order valence-corrected chi connectivity index (χ3v) is 6.29. The lowest BCUT2D eigenvalue weighted by Crippen LogP contribution is -2.15. The molecule has 0 aliphatic carbocycles. The number of hydrogen-bond acceptors (Lipinski definition) is 6. The van der Waals surface area contributed by atoms with Crippen molar-refractivity contribution in [3.8, 4) is 5.75 Å². The van der Waals surface area contributed by atoms with Crippen LogP contribution < -0.4 is 10.1 Å². The van der Waals surface area contributed by atoms with Crippen molar-refractivity contribution in [2.45, 2.75) is 6.42 Å². The number of hydrogen-bond donors (Lipinski definition) is 1. The van der Waals surface area contributed by atoms with Gasteiger partial charge in [0.05, 0.1) is 23.3 Å². The third kappa shape index (κ3) is 2.73. The molecule has 3 rings (SSSR count). The van der Waals surface area contributed by atoms with Gasteiger partial charge in [0, 0.05) is 6.54 Å². The molecule has 0 saturated carbocycles. The Morgan fingerprint density at radius 1 is 1.50 bits per heavy atom. The first-order chi connectivity index (χ1) is 9.57. The van der Waals surface area contributed by atoms with Crippen LogP contribution in [0.15, 0.2) is 18.2 Å². The van der Waals surface area contributed by atoms with Gasteiger partial charge >= 0.3 is 0 Å². The molecule has 1 aliphatic rings. The van der Waals surface area contributed by atoms with Crippen LogP contribution >= 0.6 is 11.3 Å². The van der Waals surface area contributed by atoms with E-state index in [-0.39, 0.29) is 11.7 Å². The number of rotatable bonds is 4. The lowest BCUT2D eigenvalue weighted by Gasteiger charge is -2.07. The highest BCUT2D eigenvalue weighted by molar-refractivity contribution is 7.91. The van der Waals surface area contributed by atoms with Crippen LogP contribution in [0.2, 0.25) is 0 Å². The summed E-state index contributed by atoms with van der Waals surface area (Å²) in [7, 11) is -1.18. The number of benzene rings is 1. The van der Waals surface area contributed by atoms with E-state index in [0.29, 0.717) is 12.3 Å². The van der Waals surface area contributed by atoms with Crippen molar-refractivity contribution >= 4 is 36.5 Å². The molecule has 2 aromatic rings. The number of ether oxygens (including phenoxy) is 1. The average molecular weight is 312 g/mol. The summed E-state index contributed by atoms with van der Waals surface area (Å²) in [6, 6.07) is 5.82. The van der Waals surface area contributed by atoms with Crippen LogP contribution in [0.5, 0.6) is 5.75 Å². The van der Waals surface area contributed by atoms with E-state index in [1.807, 2.05) is 18.2 Å². The Bertz CT molecular complexity index is 724. The van der Waals surface area contributed by atoms with E-state index >= 15 is 0 Å². The third-order valence-electron chi connectivity index (χ3n) is 3.47. The number of nitrogens with zero attached hydrogens (tertiary/aromatic N) is 1. The maximum atomic E-state index is 11.4. The van der Waals surface area contributed by atoms with Gasteiger partial charge in [-0.3, -0.25) is 0 Å². The molecular formula is C13H16N2O3S2. The second kappa shape index (κ2) is 5.21. The fraction of sp³-hybridized carbons (Fsp3) is 0.462. The van der Waals surface area contributed by atoms with Gasteiger partial charge in [-0.05, 0) is 24.5 Å². The van der Waals surface area contributed by atoms with Gasteiger partial charge in [-0.25, -0.2) is 13.4 Å². The molecule has 1 N–H and O–H groups in total. The summed E-state index contributed by atoms with van der Waals surface area (Å²) < 4.78 is 29.2. The zero-order valence-corrected chi connectivity index (χ0v) is 12.8. The Hall–Kier alpha value is -1.34. The summed E-state index contributed by atoms with van der Waals surface area (Å²) in [6.45, 7) is 0.654. The molecule has 108 valence electrons. The van der Waals surface area contributed by atoms with Crippen LogP contribution in [0.3, 0.4) is 0 Å². The minimum Gasteiger partial charge on any atom is -0.494 e. The molecule has 1 unspecified atom stereocenters. The van der Waals surface area contributed by atoms with Gasteiger partial charge in [-0.2, -0.15) is 0 Å². The van der Waals surface area contributed by atoms with Crippen molar-refractivity contribution < 1.29 is 13.2 Å². The van der Waals surface area contributed by atoms with Crippen molar-refractivity contribution in [1.29, 1.82) is 0 Å². The number of methoxy groups -OCH3 is 1. The Morgan fingerprint density at radius 2 is 2.35 bits per heavy atom. The molecule has 0 spiro atoms. The summed E-state index contributed by atoms with van der Waals surface area (Å²) in [5.41, 5.74) is 0.849. The molecule has 2 heterocycles. The molecule has 0 radical (unpaired) electrons. The monoisotopic (exact) mass is 312 g/mol. The summed E-state index contributed by atoms with van der Waals surface area (Å²) in [5, 5.41) is 4.07. The molecular weight excluding hydrogens is 296 g/mol. The van der Waals surface area contributed by atoms with E-state index < -0.39 is 9.84 Å². The molecule has 1 aromatic heterocycles. The lowest BCUT2D eigenvalue weighted by molar-refractivity contribution is 0.419. The first-order valence-electron chi connectivity index (χ1n) is 6.45. The fourth-order valence-corrected chi connectivity index (χ4v) is 5.18. The lowest BCUT2D eigenvalue weighted by atomic mass is 10.1. The number of nitrogens with one attached hydrogen (secondary N) is 1. The predicted molar refractivity (Wildman–Crippen MR) is 81.4 cm³/mol. The first-order valence-corrected chi connectivity index (χ1v) is 9.09. The molecule has 1 aliphatic heterocycles. The second-order valence-corrected chi connectivity index (χ2v) is 8.24. The average Bonchev–Trinajstić information content (AvgIpc) is 2.98. The van der Waals surface area contributed by atoms with Gasteiger partial charge in [0.1, 0.15) is 11.3 Å². The first kappa shape index (κ1) is 13.6. The van der Waals surface area contributed by atoms with Crippen molar-refractivity contribution in [3.05, 3.63) is 18.2 Å². The summed E-state index contributed by atoms with van der Waals surface area (Å²) in [5.74, 6) is 1.55. The van der Waals surface area contributed by atoms with Crippen LogP contribution in [0.1, 0.15) is 6.42 Å². The quantitative estimate of drug-likeness (QED) is 0.937. The summed E-state index contributed by atoms with van der Waals surface area (Å²) >= 11 is 1.56. The molecule has 5 nitrogen and oxygen atoms in total. The maximum Gasteiger partial charge on any atom is 0.183 e. The standard InChI is InChI=1S/C13H16N2O3S2/c1-18-10-3-2-4-11-12(10)15-13(19-11)14-7-9-5-6-20(16,17)8-9/h2-4,9H,5-8H2,1H3,(H,14,15). The number of para-hydroxylation sites is 1. The minimum absolute atomic E-state index is 0.189. The number of anilines is 1. The van der Waals surface area contributed by atoms with E-state index in [1.54, 1.807) is 18.4 Å². The van der Waals surface area contributed by atoms with Crippen LogP contribution in [0.25, 0.3) is 10.2 Å². The maximum absolute atomic E-state index is 11.4. The number of thiazole rings is 1. The SMILES string of the molecule is COc1cccc2sc(NCC3CCS(=O)(=O)C3)nc12. The summed E-state index contributed by atoms with van der Waals surface area (Å²) in [6.07, 6.45) is 0.740. The van der Waals surface area contributed by atoms with Gasteiger partial charge in [0.2, 0.25) is 0 Å². The smallest absolute Gasteiger partial charge is 0.183 e. The largest absolute Gasteiger partial charge is 0.494 e. The van der Waals surface area contributed by atoms with E-state index in [2.05, 4.69) is 10.3 Å². The molecule has 0 bridgehead atoms. The molecule has 1 fully saturated rings. The normalized spacial score (nSPS) is 21.1. The van der Waals surface area contributed by atoms with Crippen LogP contribution in [0, 0.1) is 5.92 Å². The van der Waals surface area contributed by atoms with E-state index in [9.17, 15) is 8.42 Å². The molecule has 1 atom stereocenters. The van der Waals surface area contributed by atoms with Crippen LogP contribution in [0.4, 0.5) is 5.13 Å². The van der Waals surface area contributed by atoms with Gasteiger partial charge in [-0.1, -0.05) is 17.4 Å². The predicted octanol–water partition coefficient (Wildman–Crippen LogP) is 2.15. The van der Waals surface area contributed by atoms with Gasteiger partial charge in [0.25, 0.3) is 0 Å². The zero-order chi connectivity index (χ0) is 14.2. The number of fused-ring (bicyclic) bond motifs is 1. The van der Waals surface area contributed by atoms with Crippen LogP contribution in [-0.2, 0) is 9.84 Å². The van der Waals surface area contributed by atoms with Gasteiger partial charge < -0.3 is 10.1 Å². The van der Waals surface area contributed by atoms with Crippen molar-refractivity contribution in [3.63, 3.8) is 0 Å². The van der Waals surface area contributed by atoms with Crippen molar-refractivity contribution in [1.82, 2.24) is 4.98 Å². The number of aromatic nitrogens is 1. The van der Waals surface area contributed by atoms with Gasteiger partial charge in [0.15, 0.2) is 15.0 Å². The Morgan fingerprint density at radius 3 is 3.05 bits per heavy atom. The van der Waals surface area contributed by atoms with Gasteiger partial charge in [-0.15, -0.1) is 0 Å². The summed E-state index contributed by atoms with van der Waals surface area (Å²) in [4.78, 5) is 4.51. The van der Waals surface area contributed by atoms with E-state index in [0.717, 1.165) is 27.5 Å².